The van der Waals surface area contributed by atoms with Crippen molar-refractivity contribution >= 4 is 40.6 Å². The molecule has 1 heterocycles. The molecule has 130 valence electrons. The molecule has 0 fully saturated rings. The van der Waals surface area contributed by atoms with E-state index in [1.807, 2.05) is 13.0 Å². The summed E-state index contributed by atoms with van der Waals surface area (Å²) < 4.78 is 5.64. The number of unbranched alkanes of at least 4 members (excludes halogenated alkanes) is 1. The van der Waals surface area contributed by atoms with Crippen LogP contribution in [-0.4, -0.2) is 24.8 Å². The molecule has 0 saturated carbocycles. The fraction of sp³-hybridized carbons (Fsp3) is 0.263. The van der Waals surface area contributed by atoms with E-state index in [0.29, 0.717) is 40.9 Å². The van der Waals surface area contributed by atoms with Crippen LogP contribution in [-0.2, 0) is 4.79 Å². The second-order valence-corrected chi connectivity index (χ2v) is 6.65. The number of halogens is 2. The molecule has 1 aliphatic heterocycles. The van der Waals surface area contributed by atoms with Crippen LogP contribution in [0.15, 0.2) is 36.4 Å². The molecule has 0 atom stereocenters. The minimum Gasteiger partial charge on any atom is -0.492 e. The first-order chi connectivity index (χ1) is 12.0. The minimum atomic E-state index is -0.455. The van der Waals surface area contributed by atoms with Crippen LogP contribution < -0.4 is 9.64 Å². The Morgan fingerprint density at radius 3 is 2.60 bits per heavy atom. The van der Waals surface area contributed by atoms with Gasteiger partial charge in [-0.2, -0.15) is 0 Å². The molecule has 1 amide bonds. The molecule has 1 aliphatic rings. The van der Waals surface area contributed by atoms with Crippen molar-refractivity contribution < 1.29 is 14.3 Å². The van der Waals surface area contributed by atoms with Gasteiger partial charge in [-0.25, -0.2) is 0 Å². The average molecular weight is 378 g/mol. The first-order valence-corrected chi connectivity index (χ1v) is 8.79. The summed E-state index contributed by atoms with van der Waals surface area (Å²) >= 11 is 12.0. The van der Waals surface area contributed by atoms with Gasteiger partial charge in [-0.15, -0.1) is 0 Å². The number of carbonyl (C=O) groups excluding carboxylic acids is 2. The van der Waals surface area contributed by atoms with Gasteiger partial charge in [0, 0.05) is 6.54 Å². The normalized spacial score (nSPS) is 13.3. The Hall–Kier alpha value is -2.04. The van der Waals surface area contributed by atoms with Crippen molar-refractivity contribution in [1.82, 2.24) is 0 Å². The molecule has 0 saturated heterocycles. The quantitative estimate of drug-likeness (QED) is 0.541. The van der Waals surface area contributed by atoms with E-state index in [4.69, 9.17) is 27.9 Å². The third kappa shape index (κ3) is 3.51. The zero-order chi connectivity index (χ0) is 18.0. The fourth-order valence-electron chi connectivity index (χ4n) is 2.90. The van der Waals surface area contributed by atoms with Crippen molar-refractivity contribution in [3.05, 3.63) is 57.6 Å². The molecule has 0 radical (unpaired) electrons. The topological polar surface area (TPSA) is 46.6 Å². The average Bonchev–Trinajstić information content (AvgIpc) is 2.84. The zero-order valence-electron chi connectivity index (χ0n) is 13.7. The van der Waals surface area contributed by atoms with Crippen molar-refractivity contribution in [2.24, 2.45) is 0 Å². The number of hydrogen-bond acceptors (Lipinski definition) is 3. The van der Waals surface area contributed by atoms with Crippen molar-refractivity contribution in [2.45, 2.75) is 19.8 Å². The van der Waals surface area contributed by atoms with Gasteiger partial charge < -0.3 is 9.64 Å². The van der Waals surface area contributed by atoms with E-state index in [-0.39, 0.29) is 0 Å². The van der Waals surface area contributed by atoms with Crippen molar-refractivity contribution in [2.75, 3.05) is 18.1 Å². The molecule has 4 nitrogen and oxygen atoms in total. The Bertz CT molecular complexity index is 835. The lowest BCUT2D eigenvalue weighted by Gasteiger charge is -2.18. The molecule has 0 bridgehead atoms. The number of benzene rings is 2. The summed E-state index contributed by atoms with van der Waals surface area (Å²) in [6.45, 7) is 2.84. The smallest absolute Gasteiger partial charge is 0.299 e. The Kier molecular flexibility index (Phi) is 5.30. The number of para-hydroxylation sites is 1. The van der Waals surface area contributed by atoms with Crippen LogP contribution >= 0.6 is 23.2 Å². The second-order valence-electron chi connectivity index (χ2n) is 5.86. The van der Waals surface area contributed by atoms with Crippen molar-refractivity contribution in [3.8, 4) is 5.75 Å². The largest absolute Gasteiger partial charge is 0.492 e. The van der Waals surface area contributed by atoms with E-state index >= 15 is 0 Å². The molecule has 0 unspecified atom stereocenters. The van der Waals surface area contributed by atoms with E-state index in [9.17, 15) is 9.59 Å². The molecule has 2 aromatic carbocycles. The van der Waals surface area contributed by atoms with Crippen LogP contribution in [0.3, 0.4) is 0 Å². The van der Waals surface area contributed by atoms with Gasteiger partial charge >= 0.3 is 0 Å². The van der Waals surface area contributed by atoms with Gasteiger partial charge in [0.2, 0.25) is 0 Å². The minimum absolute atomic E-state index is 0.397. The number of aryl methyl sites for hydroxylation is 1. The molecular weight excluding hydrogens is 361 g/mol. The highest BCUT2D eigenvalue weighted by Gasteiger charge is 2.36. The summed E-state index contributed by atoms with van der Waals surface area (Å²) in [6.07, 6.45) is 1.44. The summed E-state index contributed by atoms with van der Waals surface area (Å²) in [5.74, 6) is -0.341. The van der Waals surface area contributed by atoms with E-state index < -0.39 is 11.7 Å². The summed E-state index contributed by atoms with van der Waals surface area (Å²) in [4.78, 5) is 25.8. The first-order valence-electron chi connectivity index (χ1n) is 8.03. The number of hydrogen-bond donors (Lipinski definition) is 0. The highest BCUT2D eigenvalue weighted by molar-refractivity contribution is 6.52. The lowest BCUT2D eigenvalue weighted by molar-refractivity contribution is -0.114. The van der Waals surface area contributed by atoms with Crippen LogP contribution in [0, 0.1) is 6.92 Å². The molecule has 6 heteroatoms. The number of carbonyl (C=O) groups is 2. The van der Waals surface area contributed by atoms with E-state index in [0.717, 1.165) is 17.7 Å². The van der Waals surface area contributed by atoms with Crippen LogP contribution in [0.4, 0.5) is 5.69 Å². The lowest BCUT2D eigenvalue weighted by Crippen LogP contribution is -2.31. The van der Waals surface area contributed by atoms with Crippen molar-refractivity contribution in [1.29, 1.82) is 0 Å². The summed E-state index contributed by atoms with van der Waals surface area (Å²) in [6, 6.07) is 10.6. The molecular formula is C19H17Cl2NO3. The number of amides is 1. The van der Waals surface area contributed by atoms with Gasteiger partial charge in [0.15, 0.2) is 0 Å². The maximum atomic E-state index is 12.2. The number of rotatable bonds is 6. The zero-order valence-corrected chi connectivity index (χ0v) is 15.2. The molecule has 0 aromatic heterocycles. The number of ketones is 1. The van der Waals surface area contributed by atoms with Gasteiger partial charge in [-0.05, 0) is 43.5 Å². The van der Waals surface area contributed by atoms with Crippen LogP contribution in [0.2, 0.25) is 10.0 Å². The third-order valence-corrected chi connectivity index (χ3v) is 4.94. The summed E-state index contributed by atoms with van der Waals surface area (Å²) in [5.41, 5.74) is 2.15. The summed E-state index contributed by atoms with van der Waals surface area (Å²) in [5, 5.41) is 0.849. The van der Waals surface area contributed by atoms with E-state index in [2.05, 4.69) is 0 Å². The number of Topliss-reactive ketones (excluding diaryl/α,β-unsaturated/α-hetero) is 1. The van der Waals surface area contributed by atoms with Gasteiger partial charge in [-0.1, -0.05) is 41.4 Å². The van der Waals surface area contributed by atoms with Gasteiger partial charge in [0.25, 0.3) is 11.7 Å². The standard InChI is InChI=1S/C19H17Cl2NO3/c1-12-6-4-7-13-17(12)22(19(24)18(13)23)10-2-3-11-25-15-9-5-8-14(20)16(15)21/h4-9H,2-3,10-11H2,1H3. The highest BCUT2D eigenvalue weighted by Crippen LogP contribution is 2.33. The number of nitrogens with zero attached hydrogens (tertiary/aromatic N) is 1. The van der Waals surface area contributed by atoms with E-state index in [1.165, 1.54) is 0 Å². The lowest BCUT2D eigenvalue weighted by atomic mass is 10.1. The maximum Gasteiger partial charge on any atom is 0.299 e. The van der Waals surface area contributed by atoms with Gasteiger partial charge in [-0.3, -0.25) is 9.59 Å². The maximum absolute atomic E-state index is 12.2. The van der Waals surface area contributed by atoms with Gasteiger partial charge in [0.1, 0.15) is 10.8 Å². The number of anilines is 1. The van der Waals surface area contributed by atoms with Crippen LogP contribution in [0.5, 0.6) is 5.75 Å². The number of ether oxygens (including phenoxy) is 1. The molecule has 0 spiro atoms. The highest BCUT2D eigenvalue weighted by atomic mass is 35.5. The predicted molar refractivity (Wildman–Crippen MR) is 99.1 cm³/mol. The third-order valence-electron chi connectivity index (χ3n) is 4.14. The van der Waals surface area contributed by atoms with E-state index in [1.54, 1.807) is 35.2 Å². The molecule has 0 N–H and O–H groups in total. The number of fused-ring (bicyclic) bond motifs is 1. The first kappa shape index (κ1) is 17.8. The molecule has 0 aliphatic carbocycles. The molecule has 3 rings (SSSR count). The molecule has 2 aromatic rings. The second kappa shape index (κ2) is 7.46. The van der Waals surface area contributed by atoms with Crippen LogP contribution in [0.25, 0.3) is 0 Å². The fourth-order valence-corrected chi connectivity index (χ4v) is 3.25. The summed E-state index contributed by atoms with van der Waals surface area (Å²) in [7, 11) is 0. The Morgan fingerprint density at radius 2 is 1.80 bits per heavy atom. The molecule has 25 heavy (non-hydrogen) atoms. The van der Waals surface area contributed by atoms with Crippen molar-refractivity contribution in [3.63, 3.8) is 0 Å². The Labute approximate surface area is 156 Å². The monoisotopic (exact) mass is 377 g/mol. The Balaban J connectivity index is 1.56. The SMILES string of the molecule is Cc1cccc2c1N(CCCCOc1cccc(Cl)c1Cl)C(=O)C2=O. The Morgan fingerprint density at radius 1 is 1.04 bits per heavy atom. The predicted octanol–water partition coefficient (Wildman–Crippen LogP) is 4.69. The van der Waals surface area contributed by atoms with Gasteiger partial charge in [0.05, 0.1) is 22.9 Å². The van der Waals surface area contributed by atoms with Crippen LogP contribution in [0.1, 0.15) is 28.8 Å².